The summed E-state index contributed by atoms with van der Waals surface area (Å²) in [5, 5.41) is 9.12. The average molecular weight is 315 g/mol. The van der Waals surface area contributed by atoms with E-state index in [0.29, 0.717) is 18.9 Å². The van der Waals surface area contributed by atoms with Gasteiger partial charge in [-0.1, -0.05) is 30.3 Å². The summed E-state index contributed by atoms with van der Waals surface area (Å²) in [4.78, 5) is 25.9. The number of likely N-dealkylation sites (tertiary alicyclic amines) is 1. The van der Waals surface area contributed by atoms with E-state index in [1.54, 1.807) is 0 Å². The Morgan fingerprint density at radius 2 is 1.83 bits per heavy atom. The second kappa shape index (κ2) is 7.16. The molecule has 23 heavy (non-hydrogen) atoms. The molecule has 2 aliphatic rings. The first-order chi connectivity index (χ1) is 11.1. The van der Waals surface area contributed by atoms with Crippen molar-refractivity contribution in [3.63, 3.8) is 0 Å². The van der Waals surface area contributed by atoms with Crippen molar-refractivity contribution < 1.29 is 14.7 Å². The van der Waals surface area contributed by atoms with E-state index < -0.39 is 5.97 Å². The number of nitrogens with zero attached hydrogens (tertiary/aromatic N) is 1. The maximum absolute atomic E-state index is 12.8. The molecular weight excluding hydrogens is 290 g/mol. The lowest BCUT2D eigenvalue weighted by Gasteiger charge is -2.27. The normalized spacial score (nSPS) is 27.3. The Labute approximate surface area is 137 Å². The van der Waals surface area contributed by atoms with Crippen LogP contribution in [0.2, 0.25) is 0 Å². The number of hydrogen-bond acceptors (Lipinski definition) is 2. The molecule has 0 bridgehead atoms. The summed E-state index contributed by atoms with van der Waals surface area (Å²) < 4.78 is 0. The highest BCUT2D eigenvalue weighted by atomic mass is 16.4. The Morgan fingerprint density at radius 3 is 2.52 bits per heavy atom. The highest BCUT2D eigenvalue weighted by Crippen LogP contribution is 2.34. The van der Waals surface area contributed by atoms with Crippen LogP contribution in [0.15, 0.2) is 30.3 Å². The fraction of sp³-hybridized carbons (Fsp3) is 0.579. The van der Waals surface area contributed by atoms with Gasteiger partial charge in [0.15, 0.2) is 0 Å². The molecule has 2 fully saturated rings. The smallest absolute Gasteiger partial charge is 0.306 e. The van der Waals surface area contributed by atoms with Crippen LogP contribution in [0.5, 0.6) is 0 Å². The number of aliphatic carboxylic acids is 1. The van der Waals surface area contributed by atoms with Crippen LogP contribution in [0, 0.1) is 11.8 Å². The summed E-state index contributed by atoms with van der Waals surface area (Å²) in [6.45, 7) is 0.840. The van der Waals surface area contributed by atoms with Gasteiger partial charge in [-0.3, -0.25) is 9.59 Å². The van der Waals surface area contributed by atoms with E-state index in [9.17, 15) is 9.59 Å². The number of carbonyl (C=O) groups is 2. The summed E-state index contributed by atoms with van der Waals surface area (Å²) in [6.07, 6.45) is 6.05. The minimum absolute atomic E-state index is 0.0755. The summed E-state index contributed by atoms with van der Waals surface area (Å²) in [5.41, 5.74) is 1.32. The number of rotatable bonds is 5. The van der Waals surface area contributed by atoms with E-state index in [2.05, 4.69) is 24.3 Å². The average Bonchev–Trinajstić information content (AvgIpc) is 3.22. The van der Waals surface area contributed by atoms with Crippen molar-refractivity contribution in [1.29, 1.82) is 0 Å². The van der Waals surface area contributed by atoms with Crippen LogP contribution in [0.3, 0.4) is 0 Å². The van der Waals surface area contributed by atoms with Crippen LogP contribution in [-0.4, -0.2) is 34.5 Å². The number of amides is 1. The van der Waals surface area contributed by atoms with Crippen molar-refractivity contribution in [2.24, 2.45) is 11.8 Å². The number of carboxylic acids is 1. The van der Waals surface area contributed by atoms with E-state index in [-0.39, 0.29) is 17.7 Å². The molecule has 1 heterocycles. The standard InChI is InChI=1S/C19H25NO3/c21-18(15-9-10-16(13-15)19(22)23)20-12-4-7-17(20)11-8-14-5-2-1-3-6-14/h1-3,5-6,15-17H,4,7-13H2,(H,22,23)/t15-,16+,17?/m0/s1. The molecule has 0 radical (unpaired) electrons. The minimum atomic E-state index is -0.748. The van der Waals surface area contributed by atoms with Gasteiger partial charge in [0.05, 0.1) is 5.92 Å². The Hall–Kier alpha value is -1.84. The van der Waals surface area contributed by atoms with Crippen LogP contribution in [0.25, 0.3) is 0 Å². The second-order valence-electron chi connectivity index (χ2n) is 6.90. The first kappa shape index (κ1) is 16.0. The fourth-order valence-corrected chi connectivity index (χ4v) is 4.07. The monoisotopic (exact) mass is 315 g/mol. The van der Waals surface area contributed by atoms with Crippen LogP contribution < -0.4 is 0 Å². The summed E-state index contributed by atoms with van der Waals surface area (Å²) in [7, 11) is 0. The van der Waals surface area contributed by atoms with Crippen molar-refractivity contribution in [3.05, 3.63) is 35.9 Å². The molecule has 1 amide bonds. The maximum Gasteiger partial charge on any atom is 0.306 e. The predicted octanol–water partition coefficient (Wildman–Crippen LogP) is 3.11. The van der Waals surface area contributed by atoms with E-state index in [4.69, 9.17) is 5.11 Å². The summed E-state index contributed by atoms with van der Waals surface area (Å²) >= 11 is 0. The van der Waals surface area contributed by atoms with E-state index in [0.717, 1.165) is 38.6 Å². The SMILES string of the molecule is O=C(O)[C@@H]1CC[C@H](C(=O)N2CCCC2CCc2ccccc2)C1. The van der Waals surface area contributed by atoms with E-state index in [1.165, 1.54) is 5.56 Å². The molecule has 1 aliphatic carbocycles. The quantitative estimate of drug-likeness (QED) is 0.908. The van der Waals surface area contributed by atoms with Crippen LogP contribution in [0.1, 0.15) is 44.1 Å². The van der Waals surface area contributed by atoms with Gasteiger partial charge in [-0.25, -0.2) is 0 Å². The molecule has 1 saturated heterocycles. The predicted molar refractivity (Wildman–Crippen MR) is 88.0 cm³/mol. The molecule has 0 aromatic heterocycles. The molecular formula is C19H25NO3. The number of carboxylic acid groups (broad SMARTS) is 1. The third-order valence-corrected chi connectivity index (χ3v) is 5.40. The third-order valence-electron chi connectivity index (χ3n) is 5.40. The van der Waals surface area contributed by atoms with Gasteiger partial charge in [-0.05, 0) is 50.5 Å². The number of benzene rings is 1. The van der Waals surface area contributed by atoms with Gasteiger partial charge in [-0.15, -0.1) is 0 Å². The second-order valence-corrected chi connectivity index (χ2v) is 6.90. The van der Waals surface area contributed by atoms with Gasteiger partial charge >= 0.3 is 5.97 Å². The Bertz CT molecular complexity index is 557. The minimum Gasteiger partial charge on any atom is -0.481 e. The van der Waals surface area contributed by atoms with Crippen LogP contribution >= 0.6 is 0 Å². The van der Waals surface area contributed by atoms with Crippen LogP contribution in [-0.2, 0) is 16.0 Å². The molecule has 3 rings (SSSR count). The Balaban J connectivity index is 1.56. The fourth-order valence-electron chi connectivity index (χ4n) is 4.07. The summed E-state index contributed by atoms with van der Waals surface area (Å²) in [6, 6.07) is 10.7. The van der Waals surface area contributed by atoms with Gasteiger partial charge < -0.3 is 10.0 Å². The number of aryl methyl sites for hydroxylation is 1. The van der Waals surface area contributed by atoms with Crippen molar-refractivity contribution in [1.82, 2.24) is 4.90 Å². The van der Waals surface area contributed by atoms with Gasteiger partial charge in [0.25, 0.3) is 0 Å². The topological polar surface area (TPSA) is 57.6 Å². The molecule has 1 saturated carbocycles. The molecule has 4 heteroatoms. The molecule has 1 N–H and O–H groups in total. The first-order valence-corrected chi connectivity index (χ1v) is 8.72. The van der Waals surface area contributed by atoms with Crippen molar-refractivity contribution >= 4 is 11.9 Å². The third kappa shape index (κ3) is 3.74. The lowest BCUT2D eigenvalue weighted by atomic mass is 10.0. The van der Waals surface area contributed by atoms with Gasteiger partial charge in [0.2, 0.25) is 5.91 Å². The lowest BCUT2D eigenvalue weighted by molar-refractivity contribution is -0.141. The van der Waals surface area contributed by atoms with E-state index >= 15 is 0 Å². The molecule has 1 unspecified atom stereocenters. The Kier molecular flexibility index (Phi) is 4.99. The van der Waals surface area contributed by atoms with Crippen LogP contribution in [0.4, 0.5) is 0 Å². The molecule has 3 atom stereocenters. The highest BCUT2D eigenvalue weighted by Gasteiger charge is 2.38. The van der Waals surface area contributed by atoms with Crippen molar-refractivity contribution in [2.45, 2.75) is 51.0 Å². The lowest BCUT2D eigenvalue weighted by Crippen LogP contribution is -2.39. The zero-order chi connectivity index (χ0) is 16.2. The molecule has 0 spiro atoms. The zero-order valence-electron chi connectivity index (χ0n) is 13.5. The van der Waals surface area contributed by atoms with Crippen molar-refractivity contribution in [3.8, 4) is 0 Å². The Morgan fingerprint density at radius 1 is 1.09 bits per heavy atom. The maximum atomic E-state index is 12.8. The molecule has 124 valence electrons. The molecule has 1 aromatic carbocycles. The highest BCUT2D eigenvalue weighted by molar-refractivity contribution is 5.81. The zero-order valence-corrected chi connectivity index (χ0v) is 13.5. The van der Waals surface area contributed by atoms with E-state index in [1.807, 2.05) is 11.0 Å². The number of carbonyl (C=O) groups excluding carboxylic acids is 1. The molecule has 1 aliphatic heterocycles. The first-order valence-electron chi connectivity index (χ1n) is 8.72. The molecule has 1 aromatic rings. The van der Waals surface area contributed by atoms with Gasteiger partial charge in [0, 0.05) is 18.5 Å². The van der Waals surface area contributed by atoms with Gasteiger partial charge in [0.1, 0.15) is 0 Å². The molecule has 4 nitrogen and oxygen atoms in total. The van der Waals surface area contributed by atoms with Crippen molar-refractivity contribution in [2.75, 3.05) is 6.54 Å². The van der Waals surface area contributed by atoms with Gasteiger partial charge in [-0.2, -0.15) is 0 Å². The number of hydrogen-bond donors (Lipinski definition) is 1. The summed E-state index contributed by atoms with van der Waals surface area (Å²) in [5.74, 6) is -0.950. The largest absolute Gasteiger partial charge is 0.481 e.